The second-order valence-electron chi connectivity index (χ2n) is 5.13. The summed E-state index contributed by atoms with van der Waals surface area (Å²) >= 11 is 0. The fraction of sp³-hybridized carbons (Fsp3) is 0.353. The predicted molar refractivity (Wildman–Crippen MR) is 82.1 cm³/mol. The lowest BCUT2D eigenvalue weighted by Gasteiger charge is -2.09. The number of hydrogen-bond donors (Lipinski definition) is 0. The molecule has 0 N–H and O–H groups in total. The first kappa shape index (κ1) is 15.8. The highest BCUT2D eigenvalue weighted by molar-refractivity contribution is 5.93. The minimum absolute atomic E-state index is 0.0288. The molecule has 1 aromatic carbocycles. The molecule has 0 amide bonds. The molecule has 22 heavy (non-hydrogen) atoms. The standard InChI is InChI=1S/C17H17NO4/c1-3-4-5-16-15(12(2)17(19)22-16)11-8-13-6-9-14(10-7-13)18(20)21/h6-7,9-10,16H,3-5H2,1-2H3. The zero-order chi connectivity index (χ0) is 16.1. The van der Waals surface area contributed by atoms with Gasteiger partial charge in [0.05, 0.1) is 10.5 Å². The number of nitro groups is 1. The zero-order valence-corrected chi connectivity index (χ0v) is 12.6. The second kappa shape index (κ2) is 6.90. The van der Waals surface area contributed by atoms with Crippen LogP contribution in [0.4, 0.5) is 5.69 Å². The van der Waals surface area contributed by atoms with Crippen LogP contribution in [0.2, 0.25) is 0 Å². The predicted octanol–water partition coefficient (Wildman–Crippen LogP) is 3.38. The number of ether oxygens (including phenoxy) is 1. The Labute approximate surface area is 129 Å². The van der Waals surface area contributed by atoms with Crippen LogP contribution in [0, 0.1) is 22.0 Å². The zero-order valence-electron chi connectivity index (χ0n) is 12.6. The molecule has 114 valence electrons. The number of nitro benzene ring substituents is 1. The molecule has 0 saturated heterocycles. The highest BCUT2D eigenvalue weighted by Gasteiger charge is 2.29. The third kappa shape index (κ3) is 3.53. The van der Waals surface area contributed by atoms with E-state index in [9.17, 15) is 14.9 Å². The lowest BCUT2D eigenvalue weighted by molar-refractivity contribution is -0.384. The number of benzene rings is 1. The van der Waals surface area contributed by atoms with Crippen LogP contribution in [0.5, 0.6) is 0 Å². The van der Waals surface area contributed by atoms with Gasteiger partial charge in [-0.15, -0.1) is 0 Å². The molecular formula is C17H17NO4. The molecule has 1 aliphatic rings. The Morgan fingerprint density at radius 2 is 1.95 bits per heavy atom. The molecule has 0 spiro atoms. The molecule has 0 radical (unpaired) electrons. The van der Waals surface area contributed by atoms with Crippen LogP contribution in [-0.2, 0) is 9.53 Å². The summed E-state index contributed by atoms with van der Waals surface area (Å²) in [6, 6.07) is 6.02. The number of nitrogens with zero attached hydrogens (tertiary/aromatic N) is 1. The minimum Gasteiger partial charge on any atom is -0.453 e. The number of carbonyl (C=O) groups is 1. The van der Waals surface area contributed by atoms with Gasteiger partial charge in [0.2, 0.25) is 0 Å². The summed E-state index contributed by atoms with van der Waals surface area (Å²) in [5.41, 5.74) is 1.97. The molecule has 0 bridgehead atoms. The van der Waals surface area contributed by atoms with Crippen molar-refractivity contribution in [3.05, 3.63) is 51.1 Å². The Bertz CT molecular complexity index is 677. The van der Waals surface area contributed by atoms with Crippen molar-refractivity contribution in [2.24, 2.45) is 0 Å². The molecule has 1 atom stereocenters. The highest BCUT2D eigenvalue weighted by atomic mass is 16.6. The van der Waals surface area contributed by atoms with Gasteiger partial charge in [0.15, 0.2) is 0 Å². The van der Waals surface area contributed by atoms with E-state index < -0.39 is 4.92 Å². The third-order valence-corrected chi connectivity index (χ3v) is 3.52. The van der Waals surface area contributed by atoms with E-state index >= 15 is 0 Å². The van der Waals surface area contributed by atoms with E-state index in [1.165, 1.54) is 12.1 Å². The van der Waals surface area contributed by atoms with Crippen LogP contribution in [0.3, 0.4) is 0 Å². The fourth-order valence-electron chi connectivity index (χ4n) is 2.20. The quantitative estimate of drug-likeness (QED) is 0.370. The smallest absolute Gasteiger partial charge is 0.335 e. The van der Waals surface area contributed by atoms with Gasteiger partial charge in [0.25, 0.3) is 5.69 Å². The van der Waals surface area contributed by atoms with Gasteiger partial charge in [0, 0.05) is 23.3 Å². The summed E-state index contributed by atoms with van der Waals surface area (Å²) < 4.78 is 5.32. The summed E-state index contributed by atoms with van der Waals surface area (Å²) in [7, 11) is 0. The lowest BCUT2D eigenvalue weighted by Crippen LogP contribution is -2.10. The van der Waals surface area contributed by atoms with Gasteiger partial charge < -0.3 is 4.74 Å². The maximum Gasteiger partial charge on any atom is 0.335 e. The SMILES string of the molecule is CCCCC1OC(=O)C(C)=C1C#Cc1ccc([N+](=O)[O-])cc1. The van der Waals surface area contributed by atoms with Gasteiger partial charge in [-0.05, 0) is 31.9 Å². The summed E-state index contributed by atoms with van der Waals surface area (Å²) in [5.74, 6) is 5.64. The van der Waals surface area contributed by atoms with E-state index in [0.29, 0.717) is 11.1 Å². The Morgan fingerprint density at radius 3 is 2.55 bits per heavy atom. The lowest BCUT2D eigenvalue weighted by atomic mass is 10.0. The molecule has 0 aromatic heterocycles. The molecule has 5 heteroatoms. The molecule has 0 fully saturated rings. The van der Waals surface area contributed by atoms with E-state index in [1.807, 2.05) is 0 Å². The van der Waals surface area contributed by atoms with Crippen LogP contribution >= 0.6 is 0 Å². The second-order valence-corrected chi connectivity index (χ2v) is 5.13. The van der Waals surface area contributed by atoms with Crippen molar-refractivity contribution >= 4 is 11.7 Å². The number of non-ortho nitro benzene ring substituents is 1. The first-order valence-corrected chi connectivity index (χ1v) is 7.21. The highest BCUT2D eigenvalue weighted by Crippen LogP contribution is 2.25. The molecule has 0 saturated carbocycles. The normalized spacial score (nSPS) is 17.0. The fourth-order valence-corrected chi connectivity index (χ4v) is 2.20. The number of esters is 1. The van der Waals surface area contributed by atoms with Gasteiger partial charge in [-0.25, -0.2) is 4.79 Å². The van der Waals surface area contributed by atoms with E-state index in [2.05, 4.69) is 18.8 Å². The van der Waals surface area contributed by atoms with E-state index in [1.54, 1.807) is 19.1 Å². The average molecular weight is 299 g/mol. The molecule has 0 aliphatic carbocycles. The topological polar surface area (TPSA) is 69.4 Å². The monoisotopic (exact) mass is 299 g/mol. The average Bonchev–Trinajstić information content (AvgIpc) is 2.78. The third-order valence-electron chi connectivity index (χ3n) is 3.52. The van der Waals surface area contributed by atoms with Crippen LogP contribution in [0.15, 0.2) is 35.4 Å². The van der Waals surface area contributed by atoms with Crippen molar-refractivity contribution < 1.29 is 14.5 Å². The van der Waals surface area contributed by atoms with Crippen molar-refractivity contribution in [1.29, 1.82) is 0 Å². The molecule has 1 aliphatic heterocycles. The summed E-state index contributed by atoms with van der Waals surface area (Å²) in [5, 5.41) is 10.6. The molecule has 1 unspecified atom stereocenters. The number of hydrogen-bond acceptors (Lipinski definition) is 4. The summed E-state index contributed by atoms with van der Waals surface area (Å²) in [6.45, 7) is 3.80. The summed E-state index contributed by atoms with van der Waals surface area (Å²) in [6.07, 6.45) is 2.49. The van der Waals surface area contributed by atoms with Crippen molar-refractivity contribution in [2.45, 2.75) is 39.2 Å². The first-order chi connectivity index (χ1) is 10.5. The van der Waals surface area contributed by atoms with E-state index in [4.69, 9.17) is 4.74 Å². The van der Waals surface area contributed by atoms with Crippen LogP contribution in [0.1, 0.15) is 38.7 Å². The van der Waals surface area contributed by atoms with Gasteiger partial charge in [-0.2, -0.15) is 0 Å². The Kier molecular flexibility index (Phi) is 4.95. The van der Waals surface area contributed by atoms with E-state index in [0.717, 1.165) is 24.8 Å². The molecule has 1 aromatic rings. The van der Waals surface area contributed by atoms with Gasteiger partial charge in [-0.1, -0.05) is 25.2 Å². The van der Waals surface area contributed by atoms with Crippen LogP contribution in [-0.4, -0.2) is 17.0 Å². The Hall–Kier alpha value is -2.61. The van der Waals surface area contributed by atoms with E-state index in [-0.39, 0.29) is 17.8 Å². The maximum atomic E-state index is 11.7. The maximum absolute atomic E-state index is 11.7. The minimum atomic E-state index is -0.450. The Morgan fingerprint density at radius 1 is 1.27 bits per heavy atom. The van der Waals surface area contributed by atoms with Gasteiger partial charge in [0.1, 0.15) is 6.10 Å². The Balaban J connectivity index is 2.20. The van der Waals surface area contributed by atoms with Crippen molar-refractivity contribution in [1.82, 2.24) is 0 Å². The number of unbranched alkanes of at least 4 members (excludes halogenated alkanes) is 1. The van der Waals surface area contributed by atoms with Gasteiger partial charge in [-0.3, -0.25) is 10.1 Å². The molecular weight excluding hydrogens is 282 g/mol. The number of cyclic esters (lactones) is 1. The molecule has 2 rings (SSSR count). The molecule has 1 heterocycles. The van der Waals surface area contributed by atoms with Crippen molar-refractivity contribution in [3.63, 3.8) is 0 Å². The largest absolute Gasteiger partial charge is 0.453 e. The van der Waals surface area contributed by atoms with Gasteiger partial charge >= 0.3 is 5.97 Å². The van der Waals surface area contributed by atoms with Crippen molar-refractivity contribution in [3.8, 4) is 11.8 Å². The number of rotatable bonds is 4. The van der Waals surface area contributed by atoms with Crippen LogP contribution in [0.25, 0.3) is 0 Å². The summed E-state index contributed by atoms with van der Waals surface area (Å²) in [4.78, 5) is 21.8. The van der Waals surface area contributed by atoms with Crippen molar-refractivity contribution in [2.75, 3.05) is 0 Å². The van der Waals surface area contributed by atoms with Crippen LogP contribution < -0.4 is 0 Å². The molecule has 5 nitrogen and oxygen atoms in total. The number of carbonyl (C=O) groups excluding carboxylic acids is 1. The first-order valence-electron chi connectivity index (χ1n) is 7.21.